The Labute approximate surface area is 217 Å². The van der Waals surface area contributed by atoms with Gasteiger partial charge in [-0.25, -0.2) is 4.39 Å². The Morgan fingerprint density at radius 3 is 2.51 bits per heavy atom. The Morgan fingerprint density at radius 1 is 1.00 bits per heavy atom. The SMILES string of the molecule is C=Cc1cc2c(cc1F)N(C)C1(C=Nc3c(cc(N4CCOCC4)c4ccccc34)O1)C21CCCCC1. The van der Waals surface area contributed by atoms with E-state index >= 15 is 4.39 Å². The van der Waals surface area contributed by atoms with Crippen LogP contribution in [0.25, 0.3) is 16.8 Å². The average molecular weight is 498 g/mol. The van der Waals surface area contributed by atoms with Gasteiger partial charge in [-0.05, 0) is 30.5 Å². The summed E-state index contributed by atoms with van der Waals surface area (Å²) in [5, 5.41) is 2.26. The minimum Gasteiger partial charge on any atom is -0.459 e. The molecule has 3 aliphatic heterocycles. The maximum atomic E-state index is 15.0. The maximum absolute atomic E-state index is 15.0. The monoisotopic (exact) mass is 497 g/mol. The highest BCUT2D eigenvalue weighted by molar-refractivity contribution is 6.06. The van der Waals surface area contributed by atoms with Crippen molar-refractivity contribution in [3.8, 4) is 5.75 Å². The third-order valence-electron chi connectivity index (χ3n) is 9.05. The van der Waals surface area contributed by atoms with Crippen LogP contribution in [0.4, 0.5) is 21.5 Å². The van der Waals surface area contributed by atoms with Crippen molar-refractivity contribution in [3.05, 3.63) is 66.0 Å². The quantitative estimate of drug-likeness (QED) is 0.400. The molecule has 1 saturated carbocycles. The van der Waals surface area contributed by atoms with E-state index < -0.39 is 5.72 Å². The molecule has 2 spiro atoms. The Bertz CT molecular complexity index is 1440. The van der Waals surface area contributed by atoms with Crippen molar-refractivity contribution in [3.63, 3.8) is 0 Å². The van der Waals surface area contributed by atoms with Crippen LogP contribution in [0.3, 0.4) is 0 Å². The molecule has 6 heteroatoms. The number of rotatable bonds is 2. The topological polar surface area (TPSA) is 37.3 Å². The molecule has 0 amide bonds. The molecule has 1 unspecified atom stereocenters. The summed E-state index contributed by atoms with van der Waals surface area (Å²) in [5.41, 5.74) is 3.46. The van der Waals surface area contributed by atoms with Crippen LogP contribution < -0.4 is 14.5 Å². The first-order valence-corrected chi connectivity index (χ1v) is 13.4. The second-order valence-corrected chi connectivity index (χ2v) is 10.7. The minimum atomic E-state index is -0.820. The molecule has 1 atom stereocenters. The van der Waals surface area contributed by atoms with Crippen molar-refractivity contribution in [2.45, 2.75) is 43.2 Å². The van der Waals surface area contributed by atoms with Crippen LogP contribution in [-0.2, 0) is 10.2 Å². The zero-order valence-electron chi connectivity index (χ0n) is 21.3. The van der Waals surface area contributed by atoms with E-state index in [1.807, 2.05) is 19.3 Å². The van der Waals surface area contributed by atoms with Crippen molar-refractivity contribution in [2.75, 3.05) is 43.2 Å². The lowest BCUT2D eigenvalue weighted by molar-refractivity contribution is 0.0400. The predicted molar refractivity (Wildman–Crippen MR) is 148 cm³/mol. The Kier molecular flexibility index (Phi) is 5.12. The summed E-state index contributed by atoms with van der Waals surface area (Å²) in [7, 11) is 2.02. The normalized spacial score (nSPS) is 23.8. The predicted octanol–water partition coefficient (Wildman–Crippen LogP) is 6.60. The third-order valence-corrected chi connectivity index (χ3v) is 9.05. The van der Waals surface area contributed by atoms with Gasteiger partial charge in [0, 0.05) is 53.9 Å². The summed E-state index contributed by atoms with van der Waals surface area (Å²) in [6.45, 7) is 6.98. The molecule has 3 heterocycles. The number of anilines is 2. The maximum Gasteiger partial charge on any atom is 0.229 e. The first-order chi connectivity index (χ1) is 18.1. The standard InChI is InChI=1S/C31H32FN3O2/c1-3-21-17-24-27(18-25(21)32)34(2)31(30(24)11-7-4-8-12-30)20-33-29-23-10-6-5-9-22(23)26(19-28(29)37-31)35-13-15-36-16-14-35/h3,5-6,9-10,17-20H,1,4,7-8,11-16H2,2H3. The molecule has 3 aromatic rings. The average Bonchev–Trinajstić information content (AvgIpc) is 3.12. The lowest BCUT2D eigenvalue weighted by atomic mass is 9.64. The first kappa shape index (κ1) is 22.8. The van der Waals surface area contributed by atoms with Gasteiger partial charge in [0.25, 0.3) is 0 Å². The van der Waals surface area contributed by atoms with E-state index in [1.54, 1.807) is 12.1 Å². The van der Waals surface area contributed by atoms with Crippen LogP contribution in [0.15, 0.2) is 54.0 Å². The number of morpholine rings is 1. The number of hydrogen-bond acceptors (Lipinski definition) is 5. The van der Waals surface area contributed by atoms with Crippen LogP contribution in [0, 0.1) is 5.82 Å². The Morgan fingerprint density at radius 2 is 1.76 bits per heavy atom. The lowest BCUT2D eigenvalue weighted by Gasteiger charge is -2.50. The molecule has 0 radical (unpaired) electrons. The van der Waals surface area contributed by atoms with E-state index in [1.165, 1.54) is 11.8 Å². The molecular formula is C31H32FN3O2. The number of nitrogens with zero attached hydrogens (tertiary/aromatic N) is 3. The molecule has 3 aromatic carbocycles. The second-order valence-electron chi connectivity index (χ2n) is 10.7. The lowest BCUT2D eigenvalue weighted by Crippen LogP contribution is -2.63. The number of ether oxygens (including phenoxy) is 2. The smallest absolute Gasteiger partial charge is 0.229 e. The van der Waals surface area contributed by atoms with Crippen molar-refractivity contribution in [1.29, 1.82) is 0 Å². The van der Waals surface area contributed by atoms with E-state index in [0.29, 0.717) is 18.8 Å². The van der Waals surface area contributed by atoms with Crippen LogP contribution in [0.2, 0.25) is 0 Å². The number of aliphatic imine (C=N–C) groups is 1. The van der Waals surface area contributed by atoms with Gasteiger partial charge in [-0.2, -0.15) is 0 Å². The van der Waals surface area contributed by atoms with Crippen molar-refractivity contribution < 1.29 is 13.9 Å². The van der Waals surface area contributed by atoms with E-state index in [4.69, 9.17) is 14.5 Å². The highest BCUT2D eigenvalue weighted by Gasteiger charge is 2.63. The number of likely N-dealkylation sites (N-methyl/N-ethyl adjacent to an activating group) is 1. The molecule has 37 heavy (non-hydrogen) atoms. The van der Waals surface area contributed by atoms with Gasteiger partial charge in [-0.15, -0.1) is 0 Å². The van der Waals surface area contributed by atoms with Gasteiger partial charge in [0.2, 0.25) is 5.72 Å². The molecule has 190 valence electrons. The molecule has 4 aliphatic rings. The van der Waals surface area contributed by atoms with Crippen LogP contribution >= 0.6 is 0 Å². The highest BCUT2D eigenvalue weighted by atomic mass is 19.1. The molecule has 0 N–H and O–H groups in total. The highest BCUT2D eigenvalue weighted by Crippen LogP contribution is 2.60. The zero-order chi connectivity index (χ0) is 25.2. The van der Waals surface area contributed by atoms with E-state index in [-0.39, 0.29) is 11.2 Å². The number of hydrogen-bond donors (Lipinski definition) is 0. The number of halogens is 1. The van der Waals surface area contributed by atoms with E-state index in [2.05, 4.69) is 46.7 Å². The van der Waals surface area contributed by atoms with Crippen LogP contribution in [-0.4, -0.2) is 45.3 Å². The summed E-state index contributed by atoms with van der Waals surface area (Å²) in [6, 6.07) is 14.3. The first-order valence-electron chi connectivity index (χ1n) is 13.4. The van der Waals surface area contributed by atoms with E-state index in [9.17, 15) is 0 Å². The fraction of sp³-hybridized carbons (Fsp3) is 0.387. The van der Waals surface area contributed by atoms with Gasteiger partial charge in [0.1, 0.15) is 11.5 Å². The summed E-state index contributed by atoms with van der Waals surface area (Å²) < 4.78 is 27.8. The summed E-state index contributed by atoms with van der Waals surface area (Å²) in [6.07, 6.45) is 8.98. The van der Waals surface area contributed by atoms with Crippen molar-refractivity contribution >= 4 is 40.1 Å². The Hall–Kier alpha value is -3.38. The number of fused-ring (bicyclic) bond motifs is 6. The molecular weight excluding hydrogens is 465 g/mol. The molecule has 2 fully saturated rings. The van der Waals surface area contributed by atoms with Gasteiger partial charge >= 0.3 is 0 Å². The van der Waals surface area contributed by atoms with Crippen molar-refractivity contribution in [1.82, 2.24) is 0 Å². The van der Waals surface area contributed by atoms with Gasteiger partial charge in [-0.1, -0.05) is 56.2 Å². The zero-order valence-corrected chi connectivity index (χ0v) is 21.3. The van der Waals surface area contributed by atoms with Gasteiger partial charge in [0.15, 0.2) is 5.75 Å². The molecule has 1 aliphatic carbocycles. The molecule has 1 saturated heterocycles. The second kappa shape index (κ2) is 8.32. The number of benzene rings is 3. The van der Waals surface area contributed by atoms with Gasteiger partial charge < -0.3 is 19.3 Å². The fourth-order valence-corrected chi connectivity index (χ4v) is 7.19. The van der Waals surface area contributed by atoms with Crippen LogP contribution in [0.5, 0.6) is 5.75 Å². The molecule has 5 nitrogen and oxygen atoms in total. The Balaban J connectivity index is 1.43. The molecule has 7 rings (SSSR count). The molecule has 0 aromatic heterocycles. The largest absolute Gasteiger partial charge is 0.459 e. The third kappa shape index (κ3) is 3.08. The van der Waals surface area contributed by atoms with Gasteiger partial charge in [0.05, 0.1) is 24.8 Å². The summed E-state index contributed by atoms with van der Waals surface area (Å²) in [4.78, 5) is 9.65. The summed E-state index contributed by atoms with van der Waals surface area (Å²) >= 11 is 0. The fourth-order valence-electron chi connectivity index (χ4n) is 7.19. The molecule has 0 bridgehead atoms. The van der Waals surface area contributed by atoms with E-state index in [0.717, 1.165) is 72.5 Å². The van der Waals surface area contributed by atoms with Crippen LogP contribution in [0.1, 0.15) is 43.2 Å². The minimum absolute atomic E-state index is 0.252. The van der Waals surface area contributed by atoms with Gasteiger partial charge in [-0.3, -0.25) is 4.99 Å². The summed E-state index contributed by atoms with van der Waals surface area (Å²) in [5.74, 6) is 0.536. The van der Waals surface area contributed by atoms with Crippen molar-refractivity contribution in [2.24, 2.45) is 4.99 Å².